The third-order valence-corrected chi connectivity index (χ3v) is 7.80. The predicted molar refractivity (Wildman–Crippen MR) is 167 cm³/mol. The van der Waals surface area contributed by atoms with Gasteiger partial charge in [0.05, 0.1) is 6.04 Å². The smallest absolute Gasteiger partial charge is 0.408 e. The molecule has 4 rings (SSSR count). The lowest BCUT2D eigenvalue weighted by Crippen LogP contribution is -2.56. The Kier molecular flexibility index (Phi) is 11.9. The fraction of sp³-hybridized carbons (Fsp3) is 0.394. The SMILES string of the molecule is CCCC[C@H](NC(=O)OC(c1ccccc1)C(F)(F)c1cccc(Cl)c1)C(=O)N[C@@H](Cc1ccc[nH]c1=O)C(O)C(=O)NC1CC1. The van der Waals surface area contributed by atoms with E-state index in [1.165, 1.54) is 54.7 Å². The number of benzene rings is 2. The van der Waals surface area contributed by atoms with E-state index in [-0.39, 0.29) is 35.0 Å². The standard InChI is InChI=1S/C33H37ClF2N4O6/c1-2-3-14-25(30(43)39-26(18-21-11-8-17-37-29(21)42)27(41)31(44)38-24-15-16-24)40-32(45)46-28(20-9-5-4-6-10-20)33(35,36)22-12-7-13-23(34)19-22/h4-13,17,19,24-28,41H,2-3,14-16,18H2,1H3,(H,37,42)(H,38,44)(H,39,43)(H,40,45)/t25-,26-,27?,28?/m0/s1. The summed E-state index contributed by atoms with van der Waals surface area (Å²) < 4.78 is 37.1. The summed E-state index contributed by atoms with van der Waals surface area (Å²) in [6, 6.07) is 13.0. The first-order chi connectivity index (χ1) is 22.0. The highest BCUT2D eigenvalue weighted by Gasteiger charge is 2.46. The minimum absolute atomic E-state index is 0.00938. The number of hydrogen-bond donors (Lipinski definition) is 5. The Morgan fingerprint density at radius 2 is 1.78 bits per heavy atom. The van der Waals surface area contributed by atoms with Gasteiger partial charge in [-0.25, -0.2) is 4.79 Å². The number of aromatic amines is 1. The summed E-state index contributed by atoms with van der Waals surface area (Å²) in [4.78, 5) is 54.4. The van der Waals surface area contributed by atoms with E-state index >= 15 is 8.78 Å². The number of aromatic nitrogens is 1. The number of pyridine rings is 1. The Hall–Kier alpha value is -4.29. The predicted octanol–water partition coefficient (Wildman–Crippen LogP) is 4.51. The van der Waals surface area contributed by atoms with Crippen molar-refractivity contribution >= 4 is 29.5 Å². The molecule has 1 aromatic heterocycles. The second-order valence-corrected chi connectivity index (χ2v) is 11.7. The maximum atomic E-state index is 15.9. The molecule has 2 unspecified atom stereocenters. The van der Waals surface area contributed by atoms with Gasteiger partial charge in [-0.3, -0.25) is 14.4 Å². The molecule has 1 heterocycles. The molecule has 1 aliphatic carbocycles. The summed E-state index contributed by atoms with van der Waals surface area (Å²) >= 11 is 5.97. The number of H-pyrrole nitrogens is 1. The fourth-order valence-corrected chi connectivity index (χ4v) is 5.05. The average molecular weight is 659 g/mol. The zero-order valence-electron chi connectivity index (χ0n) is 25.2. The van der Waals surface area contributed by atoms with E-state index in [4.69, 9.17) is 16.3 Å². The molecule has 1 aliphatic rings. The fourth-order valence-electron chi connectivity index (χ4n) is 4.86. The Bertz CT molecular complexity index is 1550. The van der Waals surface area contributed by atoms with Gasteiger partial charge in [0.2, 0.25) is 5.91 Å². The van der Waals surface area contributed by atoms with Crippen molar-refractivity contribution in [2.45, 2.75) is 81.7 Å². The zero-order chi connectivity index (χ0) is 33.3. The van der Waals surface area contributed by atoms with Gasteiger partial charge >= 0.3 is 12.0 Å². The lowest BCUT2D eigenvalue weighted by atomic mass is 9.97. The molecule has 1 saturated carbocycles. The Morgan fingerprint density at radius 3 is 2.43 bits per heavy atom. The number of nitrogens with one attached hydrogen (secondary N) is 4. The van der Waals surface area contributed by atoms with E-state index in [0.717, 1.165) is 18.9 Å². The number of rotatable bonds is 15. The number of ether oxygens (including phenoxy) is 1. The number of alkyl carbamates (subject to hydrolysis) is 1. The number of hydrogen-bond acceptors (Lipinski definition) is 6. The summed E-state index contributed by atoms with van der Waals surface area (Å²) in [5, 5.41) is 18.7. The maximum absolute atomic E-state index is 15.9. The first kappa shape index (κ1) is 34.6. The van der Waals surface area contributed by atoms with Crippen molar-refractivity contribution in [3.8, 4) is 0 Å². The molecule has 0 bridgehead atoms. The zero-order valence-corrected chi connectivity index (χ0v) is 25.9. The van der Waals surface area contributed by atoms with Crippen LogP contribution in [0.3, 0.4) is 0 Å². The number of unbranched alkanes of at least 4 members (excludes halogenated alkanes) is 1. The van der Waals surface area contributed by atoms with Gasteiger partial charge in [-0.15, -0.1) is 0 Å². The Morgan fingerprint density at radius 1 is 1.04 bits per heavy atom. The molecule has 0 radical (unpaired) electrons. The van der Waals surface area contributed by atoms with Gasteiger partial charge in [0.1, 0.15) is 6.04 Å². The van der Waals surface area contributed by atoms with E-state index in [1.54, 1.807) is 12.1 Å². The topological polar surface area (TPSA) is 150 Å². The Balaban J connectivity index is 1.55. The number of carbonyl (C=O) groups is 3. The molecule has 1 fully saturated rings. The molecule has 5 N–H and O–H groups in total. The molecule has 3 amide bonds. The molecule has 0 spiro atoms. The van der Waals surface area contributed by atoms with E-state index in [0.29, 0.717) is 12.8 Å². The second kappa shape index (κ2) is 15.8. The summed E-state index contributed by atoms with van der Waals surface area (Å²) in [5.74, 6) is -5.22. The Labute approximate surface area is 269 Å². The molecule has 3 aromatic rings. The maximum Gasteiger partial charge on any atom is 0.408 e. The highest BCUT2D eigenvalue weighted by molar-refractivity contribution is 6.30. The van der Waals surface area contributed by atoms with E-state index in [2.05, 4.69) is 20.9 Å². The molecule has 0 saturated heterocycles. The normalized spacial score (nSPS) is 15.6. The lowest BCUT2D eigenvalue weighted by Gasteiger charge is -2.29. The van der Waals surface area contributed by atoms with Crippen LogP contribution in [0.15, 0.2) is 77.7 Å². The van der Waals surface area contributed by atoms with Crippen molar-refractivity contribution < 1.29 is 33.0 Å². The summed E-state index contributed by atoms with van der Waals surface area (Å²) in [7, 11) is 0. The molecule has 4 atom stereocenters. The van der Waals surface area contributed by atoms with Crippen molar-refractivity contribution in [3.05, 3.63) is 105 Å². The van der Waals surface area contributed by atoms with E-state index in [1.807, 2.05) is 6.92 Å². The average Bonchev–Trinajstić information content (AvgIpc) is 3.86. The number of halogens is 3. The van der Waals surface area contributed by atoms with Crippen LogP contribution >= 0.6 is 11.6 Å². The van der Waals surface area contributed by atoms with Crippen LogP contribution in [0.4, 0.5) is 13.6 Å². The number of aliphatic hydroxyl groups is 1. The van der Waals surface area contributed by atoms with Gasteiger partial charge in [-0.2, -0.15) is 8.78 Å². The highest BCUT2D eigenvalue weighted by atomic mass is 35.5. The van der Waals surface area contributed by atoms with Crippen molar-refractivity contribution in [1.82, 2.24) is 20.9 Å². The minimum atomic E-state index is -3.71. The molecule has 2 aromatic carbocycles. The van der Waals surface area contributed by atoms with Gasteiger partial charge in [-0.05, 0) is 43.0 Å². The third kappa shape index (κ3) is 9.37. The number of carbonyl (C=O) groups excluding carboxylic acids is 3. The largest absolute Gasteiger partial charge is 0.434 e. The second-order valence-electron chi connectivity index (χ2n) is 11.2. The quantitative estimate of drug-likeness (QED) is 0.162. The number of aliphatic hydroxyl groups excluding tert-OH is 1. The van der Waals surface area contributed by atoms with E-state index in [9.17, 15) is 24.3 Å². The lowest BCUT2D eigenvalue weighted by molar-refractivity contribution is -0.133. The van der Waals surface area contributed by atoms with Crippen LogP contribution < -0.4 is 21.5 Å². The van der Waals surface area contributed by atoms with Gasteiger partial charge in [0.25, 0.3) is 11.5 Å². The first-order valence-corrected chi connectivity index (χ1v) is 15.5. The van der Waals surface area contributed by atoms with Crippen molar-refractivity contribution in [1.29, 1.82) is 0 Å². The number of alkyl halides is 2. The van der Waals surface area contributed by atoms with Gasteiger partial charge in [-0.1, -0.05) is 79.9 Å². The molecule has 0 aliphatic heterocycles. The van der Waals surface area contributed by atoms with Crippen LogP contribution in [0.2, 0.25) is 5.02 Å². The van der Waals surface area contributed by atoms with Gasteiger partial charge in [0, 0.05) is 34.8 Å². The highest BCUT2D eigenvalue weighted by Crippen LogP contribution is 2.43. The van der Waals surface area contributed by atoms with E-state index < -0.39 is 59.2 Å². The summed E-state index contributed by atoms with van der Waals surface area (Å²) in [6.07, 6.45) is -1.13. The number of amides is 3. The van der Waals surface area contributed by atoms with Crippen LogP contribution in [0.5, 0.6) is 0 Å². The molecule has 10 nitrogen and oxygen atoms in total. The summed E-state index contributed by atoms with van der Waals surface area (Å²) in [6.45, 7) is 1.86. The minimum Gasteiger partial charge on any atom is -0.434 e. The van der Waals surface area contributed by atoms with Crippen LogP contribution in [-0.2, 0) is 26.7 Å². The molecular weight excluding hydrogens is 622 g/mol. The molecule has 246 valence electrons. The summed E-state index contributed by atoms with van der Waals surface area (Å²) in [5.41, 5.74) is -0.722. The first-order valence-electron chi connectivity index (χ1n) is 15.1. The third-order valence-electron chi connectivity index (χ3n) is 7.56. The van der Waals surface area contributed by atoms with Crippen LogP contribution in [0.1, 0.15) is 61.8 Å². The monoisotopic (exact) mass is 658 g/mol. The van der Waals surface area contributed by atoms with Crippen molar-refractivity contribution in [2.24, 2.45) is 0 Å². The van der Waals surface area contributed by atoms with Gasteiger partial charge < -0.3 is 30.8 Å². The van der Waals surface area contributed by atoms with Crippen molar-refractivity contribution in [2.75, 3.05) is 0 Å². The van der Waals surface area contributed by atoms with Crippen LogP contribution in [0, 0.1) is 0 Å². The molecule has 13 heteroatoms. The molecular formula is C33H37ClF2N4O6. The van der Waals surface area contributed by atoms with Gasteiger partial charge in [0.15, 0.2) is 12.2 Å². The van der Waals surface area contributed by atoms with Crippen molar-refractivity contribution in [3.63, 3.8) is 0 Å². The van der Waals surface area contributed by atoms with Crippen LogP contribution in [-0.4, -0.2) is 52.2 Å². The molecule has 46 heavy (non-hydrogen) atoms. The van der Waals surface area contributed by atoms with Crippen LogP contribution in [0.25, 0.3) is 0 Å².